The molecule has 0 radical (unpaired) electrons. The topological polar surface area (TPSA) is 102 Å². The zero-order chi connectivity index (χ0) is 16.0. The van der Waals surface area contributed by atoms with Crippen LogP contribution in [-0.4, -0.2) is 36.1 Å². The highest BCUT2D eigenvalue weighted by atomic mass is 16.6. The molecule has 0 bridgehead atoms. The lowest BCUT2D eigenvalue weighted by molar-refractivity contribution is -0.141. The van der Waals surface area contributed by atoms with Gasteiger partial charge in [0.25, 0.3) is 0 Å². The van der Waals surface area contributed by atoms with Crippen LogP contribution >= 0.6 is 0 Å². The first-order chi connectivity index (χ1) is 9.83. The summed E-state index contributed by atoms with van der Waals surface area (Å²) in [4.78, 5) is 33.1. The van der Waals surface area contributed by atoms with Gasteiger partial charge in [0, 0.05) is 20.3 Å². The second-order valence-corrected chi connectivity index (χ2v) is 4.37. The van der Waals surface area contributed by atoms with E-state index < -0.39 is 23.9 Å². The van der Waals surface area contributed by atoms with Crippen LogP contribution in [0.25, 0.3) is 0 Å². The molecule has 0 aliphatic rings. The minimum Gasteiger partial charge on any atom is -0.493 e. The van der Waals surface area contributed by atoms with Crippen molar-refractivity contribution < 1.29 is 29.0 Å². The van der Waals surface area contributed by atoms with E-state index in [2.05, 4.69) is 5.32 Å². The minimum atomic E-state index is -1.14. The van der Waals surface area contributed by atoms with E-state index in [-0.39, 0.29) is 12.2 Å². The zero-order valence-electron chi connectivity index (χ0n) is 12.0. The lowest BCUT2D eigenvalue weighted by Crippen LogP contribution is -2.41. The average molecular weight is 295 g/mol. The lowest BCUT2D eigenvalue weighted by atomic mass is 10.1. The van der Waals surface area contributed by atoms with Crippen LogP contribution in [0.5, 0.6) is 11.5 Å². The van der Waals surface area contributed by atoms with Gasteiger partial charge >= 0.3 is 11.9 Å². The van der Waals surface area contributed by atoms with E-state index in [1.807, 2.05) is 0 Å². The maximum atomic E-state index is 11.1. The zero-order valence-corrected chi connectivity index (χ0v) is 12.0. The number of hydrogen-bond acceptors (Lipinski definition) is 5. The van der Waals surface area contributed by atoms with Crippen molar-refractivity contribution in [3.63, 3.8) is 0 Å². The van der Waals surface area contributed by atoms with Gasteiger partial charge in [-0.1, -0.05) is 6.07 Å². The predicted octanol–water partition coefficient (Wildman–Crippen LogP) is 0.752. The maximum absolute atomic E-state index is 11.1. The quantitative estimate of drug-likeness (QED) is 0.593. The summed E-state index contributed by atoms with van der Waals surface area (Å²) in [6.07, 6.45) is 0.0627. The summed E-state index contributed by atoms with van der Waals surface area (Å²) < 4.78 is 10.1. The molecule has 114 valence electrons. The number of benzene rings is 1. The lowest BCUT2D eigenvalue weighted by Gasteiger charge is -2.15. The monoisotopic (exact) mass is 295 g/mol. The summed E-state index contributed by atoms with van der Waals surface area (Å²) in [5, 5.41) is 11.4. The fourth-order valence-electron chi connectivity index (χ4n) is 1.76. The first kappa shape index (κ1) is 16.5. The molecule has 1 rings (SSSR count). The van der Waals surface area contributed by atoms with Crippen LogP contribution < -0.4 is 14.8 Å². The van der Waals surface area contributed by atoms with Gasteiger partial charge < -0.3 is 19.9 Å². The Morgan fingerprint density at radius 1 is 1.24 bits per heavy atom. The van der Waals surface area contributed by atoms with Crippen LogP contribution in [0.1, 0.15) is 19.4 Å². The summed E-state index contributed by atoms with van der Waals surface area (Å²) in [6, 6.07) is 3.67. The van der Waals surface area contributed by atoms with Gasteiger partial charge in [-0.25, -0.2) is 4.79 Å². The molecule has 0 aromatic heterocycles. The molecule has 21 heavy (non-hydrogen) atoms. The molecule has 1 aromatic rings. The smallest absolute Gasteiger partial charge is 0.326 e. The van der Waals surface area contributed by atoms with Gasteiger partial charge in [-0.15, -0.1) is 0 Å². The number of carbonyl (C=O) groups excluding carboxylic acids is 2. The summed E-state index contributed by atoms with van der Waals surface area (Å²) in [6.45, 7) is 2.50. The fourth-order valence-corrected chi connectivity index (χ4v) is 1.76. The summed E-state index contributed by atoms with van der Waals surface area (Å²) in [5.74, 6) is -1.52. The van der Waals surface area contributed by atoms with E-state index in [0.717, 1.165) is 0 Å². The van der Waals surface area contributed by atoms with Crippen LogP contribution in [0.4, 0.5) is 0 Å². The molecule has 1 atom stereocenters. The summed E-state index contributed by atoms with van der Waals surface area (Å²) in [7, 11) is 1.43. The van der Waals surface area contributed by atoms with Crippen molar-refractivity contribution in [2.45, 2.75) is 26.3 Å². The Morgan fingerprint density at radius 2 is 1.90 bits per heavy atom. The van der Waals surface area contributed by atoms with Crippen molar-refractivity contribution in [2.75, 3.05) is 7.11 Å². The van der Waals surface area contributed by atoms with Gasteiger partial charge in [0.2, 0.25) is 5.91 Å². The molecular weight excluding hydrogens is 278 g/mol. The molecule has 2 N–H and O–H groups in total. The van der Waals surface area contributed by atoms with Crippen LogP contribution in [0.15, 0.2) is 18.2 Å². The third kappa shape index (κ3) is 5.13. The van der Waals surface area contributed by atoms with Crippen molar-refractivity contribution in [2.24, 2.45) is 0 Å². The molecule has 1 amide bonds. The number of hydrogen-bond donors (Lipinski definition) is 2. The number of ether oxygens (including phenoxy) is 2. The SMILES string of the molecule is COc1ccc(C[C@@H](NC(C)=O)C(=O)O)cc1OC(C)=O. The number of methoxy groups -OCH3 is 1. The number of nitrogens with one attached hydrogen (secondary N) is 1. The minimum absolute atomic E-state index is 0.0627. The largest absolute Gasteiger partial charge is 0.493 e. The van der Waals surface area contributed by atoms with Crippen LogP contribution in [-0.2, 0) is 20.8 Å². The van der Waals surface area contributed by atoms with E-state index in [4.69, 9.17) is 14.6 Å². The highest BCUT2D eigenvalue weighted by Gasteiger charge is 2.20. The number of carboxylic acid groups (broad SMARTS) is 1. The van der Waals surface area contributed by atoms with Crippen LogP contribution in [0, 0.1) is 0 Å². The molecule has 0 saturated carbocycles. The number of amides is 1. The van der Waals surface area contributed by atoms with Crippen molar-refractivity contribution in [1.29, 1.82) is 0 Å². The van der Waals surface area contributed by atoms with E-state index in [1.165, 1.54) is 27.0 Å². The highest BCUT2D eigenvalue weighted by Crippen LogP contribution is 2.28. The Hall–Kier alpha value is -2.57. The molecule has 0 fully saturated rings. The predicted molar refractivity (Wildman–Crippen MR) is 73.2 cm³/mol. The number of aliphatic carboxylic acids is 1. The number of carboxylic acids is 1. The van der Waals surface area contributed by atoms with Gasteiger partial charge in [0.1, 0.15) is 6.04 Å². The summed E-state index contributed by atoms with van der Waals surface area (Å²) >= 11 is 0. The average Bonchev–Trinajstić information content (AvgIpc) is 2.37. The number of carbonyl (C=O) groups is 3. The van der Waals surface area contributed by atoms with Crippen molar-refractivity contribution in [3.05, 3.63) is 23.8 Å². The maximum Gasteiger partial charge on any atom is 0.326 e. The first-order valence-corrected chi connectivity index (χ1v) is 6.18. The molecular formula is C14H17NO6. The van der Waals surface area contributed by atoms with E-state index in [1.54, 1.807) is 12.1 Å². The highest BCUT2D eigenvalue weighted by molar-refractivity contribution is 5.82. The first-order valence-electron chi connectivity index (χ1n) is 6.18. The van der Waals surface area contributed by atoms with E-state index >= 15 is 0 Å². The molecule has 0 saturated heterocycles. The number of esters is 1. The Bertz CT molecular complexity index is 554. The normalized spacial score (nSPS) is 11.4. The molecule has 1 aromatic carbocycles. The Balaban J connectivity index is 2.99. The molecule has 0 aliphatic carbocycles. The Morgan fingerprint density at radius 3 is 2.38 bits per heavy atom. The second-order valence-electron chi connectivity index (χ2n) is 4.37. The fraction of sp³-hybridized carbons (Fsp3) is 0.357. The van der Waals surface area contributed by atoms with Crippen molar-refractivity contribution >= 4 is 17.8 Å². The van der Waals surface area contributed by atoms with Crippen molar-refractivity contribution in [1.82, 2.24) is 5.32 Å². The molecule has 0 heterocycles. The standard InChI is InChI=1S/C14H17NO6/c1-8(16)15-11(14(18)19)6-10-4-5-12(20-3)13(7-10)21-9(2)17/h4-5,7,11H,6H2,1-3H3,(H,15,16)(H,18,19)/t11-/m1/s1. The van der Waals surface area contributed by atoms with E-state index in [9.17, 15) is 14.4 Å². The van der Waals surface area contributed by atoms with Gasteiger partial charge in [-0.05, 0) is 17.7 Å². The molecule has 0 unspecified atom stereocenters. The van der Waals surface area contributed by atoms with Gasteiger partial charge in [0.05, 0.1) is 7.11 Å². The summed E-state index contributed by atoms with van der Waals surface area (Å²) in [5.41, 5.74) is 0.591. The van der Waals surface area contributed by atoms with E-state index in [0.29, 0.717) is 11.3 Å². The second kappa shape index (κ2) is 7.28. The van der Waals surface area contributed by atoms with Crippen molar-refractivity contribution in [3.8, 4) is 11.5 Å². The molecule has 0 spiro atoms. The third-order valence-electron chi connectivity index (χ3n) is 2.60. The third-order valence-corrected chi connectivity index (χ3v) is 2.60. The Kier molecular flexibility index (Phi) is 5.71. The molecule has 7 nitrogen and oxygen atoms in total. The van der Waals surface area contributed by atoms with Crippen LogP contribution in [0.3, 0.4) is 0 Å². The number of rotatable bonds is 6. The van der Waals surface area contributed by atoms with Gasteiger partial charge in [0.15, 0.2) is 11.5 Å². The Labute approximate surface area is 121 Å². The van der Waals surface area contributed by atoms with Gasteiger partial charge in [-0.3, -0.25) is 9.59 Å². The van der Waals surface area contributed by atoms with Crippen LogP contribution in [0.2, 0.25) is 0 Å². The van der Waals surface area contributed by atoms with Gasteiger partial charge in [-0.2, -0.15) is 0 Å². The molecule has 7 heteroatoms. The molecule has 0 aliphatic heterocycles.